The summed E-state index contributed by atoms with van der Waals surface area (Å²) in [4.78, 5) is 7.67. The van der Waals surface area contributed by atoms with E-state index in [4.69, 9.17) is 0 Å². The molecule has 4 heteroatoms. The lowest BCUT2D eigenvalue weighted by Gasteiger charge is -2.02. The Balaban J connectivity index is 1.76. The second-order valence-corrected chi connectivity index (χ2v) is 4.59. The van der Waals surface area contributed by atoms with Gasteiger partial charge in [0.2, 0.25) is 5.95 Å². The Bertz CT molecular complexity index is 701. The molecular formula is C15H14FN3. The lowest BCUT2D eigenvalue weighted by Crippen LogP contribution is -2.00. The number of benzene rings is 2. The van der Waals surface area contributed by atoms with Gasteiger partial charge >= 0.3 is 0 Å². The summed E-state index contributed by atoms with van der Waals surface area (Å²) in [6.07, 6.45) is 0. The predicted molar refractivity (Wildman–Crippen MR) is 74.6 cm³/mol. The molecule has 0 saturated heterocycles. The molecule has 96 valence electrons. The molecule has 1 aromatic heterocycles. The van der Waals surface area contributed by atoms with Crippen LogP contribution in [0.3, 0.4) is 0 Å². The Labute approximate surface area is 110 Å². The van der Waals surface area contributed by atoms with Crippen molar-refractivity contribution in [1.82, 2.24) is 9.97 Å². The minimum atomic E-state index is -0.219. The van der Waals surface area contributed by atoms with Gasteiger partial charge in [-0.3, -0.25) is 0 Å². The van der Waals surface area contributed by atoms with Crippen molar-refractivity contribution in [2.75, 3.05) is 5.32 Å². The van der Waals surface area contributed by atoms with E-state index < -0.39 is 0 Å². The summed E-state index contributed by atoms with van der Waals surface area (Å²) < 4.78 is 12.8. The smallest absolute Gasteiger partial charge is 0.201 e. The number of aryl methyl sites for hydroxylation is 1. The number of nitrogens with zero attached hydrogens (tertiary/aromatic N) is 1. The van der Waals surface area contributed by atoms with Crippen LogP contribution >= 0.6 is 0 Å². The molecule has 0 saturated carbocycles. The quantitative estimate of drug-likeness (QED) is 0.750. The lowest BCUT2D eigenvalue weighted by molar-refractivity contribution is 0.627. The van der Waals surface area contributed by atoms with Crippen molar-refractivity contribution in [2.24, 2.45) is 0 Å². The van der Waals surface area contributed by atoms with E-state index in [2.05, 4.69) is 21.4 Å². The zero-order valence-electron chi connectivity index (χ0n) is 10.6. The number of H-pyrrole nitrogens is 1. The molecule has 3 nitrogen and oxygen atoms in total. The van der Waals surface area contributed by atoms with Crippen molar-refractivity contribution in [3.05, 3.63) is 59.4 Å². The normalized spacial score (nSPS) is 10.8. The Morgan fingerprint density at radius 1 is 1.16 bits per heavy atom. The summed E-state index contributed by atoms with van der Waals surface area (Å²) >= 11 is 0. The SMILES string of the molecule is Cc1ccc2nc(NCc3ccc(F)cc3)[nH]c2c1. The molecule has 2 N–H and O–H groups in total. The van der Waals surface area contributed by atoms with E-state index in [1.165, 1.54) is 17.7 Å². The highest BCUT2D eigenvalue weighted by molar-refractivity contribution is 5.78. The second kappa shape index (κ2) is 4.72. The molecule has 0 amide bonds. The molecule has 0 spiro atoms. The molecule has 0 aliphatic heterocycles. The van der Waals surface area contributed by atoms with Crippen LogP contribution in [0.25, 0.3) is 11.0 Å². The highest BCUT2D eigenvalue weighted by atomic mass is 19.1. The van der Waals surface area contributed by atoms with Crippen LogP contribution in [0.5, 0.6) is 0 Å². The first-order chi connectivity index (χ1) is 9.20. The molecule has 1 heterocycles. The number of aromatic nitrogens is 2. The number of hydrogen-bond acceptors (Lipinski definition) is 2. The average Bonchev–Trinajstić information content (AvgIpc) is 2.80. The van der Waals surface area contributed by atoms with E-state index in [-0.39, 0.29) is 5.82 Å². The first-order valence-electron chi connectivity index (χ1n) is 6.15. The zero-order valence-corrected chi connectivity index (χ0v) is 10.6. The number of nitrogens with one attached hydrogen (secondary N) is 2. The standard InChI is InChI=1S/C15H14FN3/c1-10-2-7-13-14(8-10)19-15(18-13)17-9-11-3-5-12(16)6-4-11/h2-8H,9H2,1H3,(H2,17,18,19). The van der Waals surface area contributed by atoms with E-state index in [0.717, 1.165) is 22.5 Å². The zero-order chi connectivity index (χ0) is 13.2. The van der Waals surface area contributed by atoms with Gasteiger partial charge in [0.15, 0.2) is 0 Å². The van der Waals surface area contributed by atoms with Gasteiger partial charge in [-0.15, -0.1) is 0 Å². The Kier molecular flexibility index (Phi) is 2.91. The first-order valence-corrected chi connectivity index (χ1v) is 6.15. The molecule has 0 aliphatic rings. The van der Waals surface area contributed by atoms with Gasteiger partial charge in [-0.05, 0) is 42.3 Å². The number of anilines is 1. The molecule has 0 bridgehead atoms. The van der Waals surface area contributed by atoms with E-state index in [9.17, 15) is 4.39 Å². The molecule has 3 aromatic rings. The van der Waals surface area contributed by atoms with Crippen LogP contribution < -0.4 is 5.32 Å². The van der Waals surface area contributed by atoms with E-state index in [0.29, 0.717) is 6.54 Å². The number of rotatable bonds is 3. The maximum absolute atomic E-state index is 12.8. The van der Waals surface area contributed by atoms with Crippen molar-refractivity contribution in [2.45, 2.75) is 13.5 Å². The Morgan fingerprint density at radius 3 is 2.74 bits per heavy atom. The van der Waals surface area contributed by atoms with Crippen molar-refractivity contribution < 1.29 is 4.39 Å². The lowest BCUT2D eigenvalue weighted by atomic mass is 10.2. The number of aromatic amines is 1. The third-order valence-corrected chi connectivity index (χ3v) is 3.01. The molecule has 0 radical (unpaired) electrons. The second-order valence-electron chi connectivity index (χ2n) is 4.59. The topological polar surface area (TPSA) is 40.7 Å². The highest BCUT2D eigenvalue weighted by Gasteiger charge is 2.02. The average molecular weight is 255 g/mol. The van der Waals surface area contributed by atoms with Gasteiger partial charge in [0, 0.05) is 6.54 Å². The summed E-state index contributed by atoms with van der Waals surface area (Å²) in [5.74, 6) is 0.507. The van der Waals surface area contributed by atoms with Crippen LogP contribution in [-0.2, 0) is 6.54 Å². The summed E-state index contributed by atoms with van der Waals surface area (Å²) in [7, 11) is 0. The minimum Gasteiger partial charge on any atom is -0.352 e. The van der Waals surface area contributed by atoms with Crippen LogP contribution in [0.4, 0.5) is 10.3 Å². The summed E-state index contributed by atoms with van der Waals surface area (Å²) in [5.41, 5.74) is 4.16. The van der Waals surface area contributed by atoms with Gasteiger partial charge in [0.1, 0.15) is 5.82 Å². The van der Waals surface area contributed by atoms with Crippen molar-refractivity contribution in [1.29, 1.82) is 0 Å². The molecule has 0 aliphatic carbocycles. The van der Waals surface area contributed by atoms with Crippen LogP contribution in [-0.4, -0.2) is 9.97 Å². The molecular weight excluding hydrogens is 241 g/mol. The molecule has 2 aromatic carbocycles. The molecule has 0 fully saturated rings. The van der Waals surface area contributed by atoms with E-state index in [1.54, 1.807) is 12.1 Å². The number of hydrogen-bond donors (Lipinski definition) is 2. The van der Waals surface area contributed by atoms with Crippen molar-refractivity contribution in [3.63, 3.8) is 0 Å². The molecule has 19 heavy (non-hydrogen) atoms. The van der Waals surface area contributed by atoms with Gasteiger partial charge in [-0.25, -0.2) is 9.37 Å². The van der Waals surface area contributed by atoms with Crippen LogP contribution in [0.2, 0.25) is 0 Å². The van der Waals surface area contributed by atoms with Crippen LogP contribution in [0.15, 0.2) is 42.5 Å². The fourth-order valence-electron chi connectivity index (χ4n) is 2.00. The van der Waals surface area contributed by atoms with Crippen LogP contribution in [0.1, 0.15) is 11.1 Å². The maximum Gasteiger partial charge on any atom is 0.201 e. The Hall–Kier alpha value is -2.36. The summed E-state index contributed by atoms with van der Waals surface area (Å²) in [6, 6.07) is 12.5. The third-order valence-electron chi connectivity index (χ3n) is 3.01. The number of imidazole rings is 1. The first kappa shape index (κ1) is 11.7. The van der Waals surface area contributed by atoms with Gasteiger partial charge in [-0.1, -0.05) is 18.2 Å². The van der Waals surface area contributed by atoms with E-state index >= 15 is 0 Å². The molecule has 3 rings (SSSR count). The monoisotopic (exact) mass is 255 g/mol. The van der Waals surface area contributed by atoms with Gasteiger partial charge < -0.3 is 10.3 Å². The third kappa shape index (κ3) is 2.57. The van der Waals surface area contributed by atoms with Crippen LogP contribution in [0, 0.1) is 12.7 Å². The fourth-order valence-corrected chi connectivity index (χ4v) is 2.00. The Morgan fingerprint density at radius 2 is 1.95 bits per heavy atom. The largest absolute Gasteiger partial charge is 0.352 e. The minimum absolute atomic E-state index is 0.219. The highest BCUT2D eigenvalue weighted by Crippen LogP contribution is 2.16. The molecule has 0 atom stereocenters. The fraction of sp³-hybridized carbons (Fsp3) is 0.133. The summed E-state index contributed by atoms with van der Waals surface area (Å²) in [6.45, 7) is 2.66. The molecule has 0 unspecified atom stereocenters. The van der Waals surface area contributed by atoms with Gasteiger partial charge in [0.05, 0.1) is 11.0 Å². The van der Waals surface area contributed by atoms with Crippen molar-refractivity contribution in [3.8, 4) is 0 Å². The van der Waals surface area contributed by atoms with Gasteiger partial charge in [-0.2, -0.15) is 0 Å². The predicted octanol–water partition coefficient (Wildman–Crippen LogP) is 3.62. The van der Waals surface area contributed by atoms with Crippen molar-refractivity contribution >= 4 is 17.0 Å². The number of fused-ring (bicyclic) bond motifs is 1. The van der Waals surface area contributed by atoms with E-state index in [1.807, 2.05) is 19.1 Å². The van der Waals surface area contributed by atoms with Gasteiger partial charge in [0.25, 0.3) is 0 Å². The summed E-state index contributed by atoms with van der Waals surface area (Å²) in [5, 5.41) is 3.20. The number of halogens is 1. The maximum atomic E-state index is 12.8.